The van der Waals surface area contributed by atoms with Gasteiger partial charge in [-0.25, -0.2) is 0 Å². The molecule has 0 spiro atoms. The molecule has 0 unspecified atom stereocenters. The summed E-state index contributed by atoms with van der Waals surface area (Å²) in [4.78, 5) is 0. The summed E-state index contributed by atoms with van der Waals surface area (Å²) in [7, 11) is 1.69. The van der Waals surface area contributed by atoms with Crippen molar-refractivity contribution in [2.75, 3.05) is 7.11 Å². The third-order valence-electron chi connectivity index (χ3n) is 1.52. The molecule has 0 amide bonds. The average Bonchev–Trinajstić information content (AvgIpc) is 1.88. The molecular weight excluding hydrogens is 228 g/mol. The molecule has 3 heteroatoms. The van der Waals surface area contributed by atoms with Gasteiger partial charge >= 0.3 is 23.1 Å². The third-order valence-corrected chi connectivity index (χ3v) is 1.52. The second-order valence-electron chi connectivity index (χ2n) is 2.35. The van der Waals surface area contributed by atoms with E-state index in [0.29, 0.717) is 0 Å². The van der Waals surface area contributed by atoms with Gasteiger partial charge in [0.15, 0.2) is 0 Å². The van der Waals surface area contributed by atoms with Gasteiger partial charge in [0, 0.05) is 5.75 Å². The minimum Gasteiger partial charge on any atom is -1.00 e. The smallest absolute Gasteiger partial charge is 1.00 e. The summed E-state index contributed by atoms with van der Waals surface area (Å²) in [6.07, 6.45) is 0. The van der Waals surface area contributed by atoms with E-state index in [2.05, 4.69) is 6.07 Å². The van der Waals surface area contributed by atoms with Crippen molar-refractivity contribution in [2.45, 2.75) is 13.8 Å². The first-order valence-corrected chi connectivity index (χ1v) is 3.27. The first-order valence-electron chi connectivity index (χ1n) is 3.27. The summed E-state index contributed by atoms with van der Waals surface area (Å²) in [5, 5.41) is 0. The van der Waals surface area contributed by atoms with Crippen molar-refractivity contribution >= 4 is 23.1 Å². The summed E-state index contributed by atoms with van der Waals surface area (Å²) < 4.78 is 5.16. The molecule has 12 heavy (non-hydrogen) atoms. The quantitative estimate of drug-likeness (QED) is 0.439. The molecule has 0 aliphatic heterocycles. The van der Waals surface area contributed by atoms with Crippen LogP contribution in [0.15, 0.2) is 12.1 Å². The first-order chi connectivity index (χ1) is 4.75. The molecule has 0 aromatic heterocycles. The average molecular weight is 239 g/mol. The molecule has 0 radical (unpaired) electrons. The van der Waals surface area contributed by atoms with Crippen molar-refractivity contribution in [3.63, 3.8) is 0 Å². The van der Waals surface area contributed by atoms with Crippen LogP contribution in [0, 0.1) is 19.9 Å². The number of methoxy groups -OCH3 is 1. The molecule has 0 bridgehead atoms. The van der Waals surface area contributed by atoms with Gasteiger partial charge in [-0.05, 0) is 0 Å². The van der Waals surface area contributed by atoms with Crippen LogP contribution in [0.1, 0.15) is 11.1 Å². The van der Waals surface area contributed by atoms with E-state index in [1.165, 1.54) is 0 Å². The Bertz CT molecular complexity index is 218. The Kier molecular flexibility index (Phi) is 8.31. The van der Waals surface area contributed by atoms with Crippen LogP contribution >= 0.6 is 0 Å². The Morgan fingerprint density at radius 1 is 1.17 bits per heavy atom. The molecule has 0 saturated carbocycles. The summed E-state index contributed by atoms with van der Waals surface area (Å²) in [6.45, 7) is 4.03. The predicted octanol–water partition coefficient (Wildman–Crippen LogP) is -1.26. The van der Waals surface area contributed by atoms with E-state index in [4.69, 9.17) is 4.74 Å². The van der Waals surface area contributed by atoms with E-state index >= 15 is 0 Å². The van der Waals surface area contributed by atoms with Crippen LogP contribution in [0.2, 0.25) is 0 Å². The topological polar surface area (TPSA) is 9.23 Å². The van der Waals surface area contributed by atoms with Gasteiger partial charge in [0.05, 0.1) is 7.11 Å². The third kappa shape index (κ3) is 3.33. The zero-order valence-electron chi connectivity index (χ0n) is 7.65. The van der Waals surface area contributed by atoms with Crippen molar-refractivity contribution in [1.29, 1.82) is 0 Å². The van der Waals surface area contributed by atoms with E-state index in [-0.39, 0.29) is 40.0 Å². The maximum absolute atomic E-state index is 5.16. The number of benzene rings is 1. The maximum Gasteiger partial charge on any atom is 2.00 e. The molecular formula is C9H11BrMgO. The molecule has 0 fully saturated rings. The van der Waals surface area contributed by atoms with Crippen LogP contribution in [0.4, 0.5) is 0 Å². The number of aryl methyl sites for hydroxylation is 2. The van der Waals surface area contributed by atoms with E-state index in [1.807, 2.05) is 26.0 Å². The van der Waals surface area contributed by atoms with Gasteiger partial charge in [-0.1, -0.05) is 13.8 Å². The van der Waals surface area contributed by atoms with Crippen LogP contribution in [-0.2, 0) is 0 Å². The largest absolute Gasteiger partial charge is 2.00 e. The fourth-order valence-electron chi connectivity index (χ4n) is 1.06. The van der Waals surface area contributed by atoms with Crippen LogP contribution in [0.5, 0.6) is 5.75 Å². The maximum atomic E-state index is 5.16. The van der Waals surface area contributed by atoms with E-state index in [1.54, 1.807) is 7.11 Å². The molecule has 0 atom stereocenters. The monoisotopic (exact) mass is 238 g/mol. The van der Waals surface area contributed by atoms with Crippen LogP contribution in [-0.4, -0.2) is 30.2 Å². The molecule has 0 N–H and O–H groups in total. The van der Waals surface area contributed by atoms with Gasteiger partial charge in [0.1, 0.15) is 0 Å². The second-order valence-corrected chi connectivity index (χ2v) is 2.35. The number of ether oxygens (including phenoxy) is 1. The normalized spacial score (nSPS) is 7.92. The Labute approximate surface area is 100 Å². The van der Waals surface area contributed by atoms with Gasteiger partial charge in [0.25, 0.3) is 0 Å². The van der Waals surface area contributed by atoms with Gasteiger partial charge in [-0.3, -0.25) is 0 Å². The first kappa shape index (κ1) is 14.8. The standard InChI is InChI=1S/C9H11O.BrH.Mg/c1-7-5-4-6-8(2)9(7)10-3;;/h5-6H,1-3H3;1H;/q-1;;+2/p-1. The molecule has 1 nitrogen and oxygen atoms in total. The van der Waals surface area contributed by atoms with Crippen LogP contribution in [0.3, 0.4) is 0 Å². The summed E-state index contributed by atoms with van der Waals surface area (Å²) in [5.41, 5.74) is 2.28. The van der Waals surface area contributed by atoms with E-state index in [0.717, 1.165) is 16.9 Å². The molecule has 1 rings (SSSR count). The minimum absolute atomic E-state index is 0. The van der Waals surface area contributed by atoms with Crippen molar-refractivity contribution in [3.8, 4) is 5.75 Å². The molecule has 0 aliphatic rings. The summed E-state index contributed by atoms with van der Waals surface area (Å²) in [5.74, 6) is 0.971. The van der Waals surface area contributed by atoms with Crippen LogP contribution in [0.25, 0.3) is 0 Å². The minimum atomic E-state index is 0. The van der Waals surface area contributed by atoms with E-state index < -0.39 is 0 Å². The Hall–Kier alpha value is 0.266. The molecule has 62 valence electrons. The van der Waals surface area contributed by atoms with Gasteiger partial charge in [-0.15, -0.1) is 11.1 Å². The zero-order chi connectivity index (χ0) is 7.56. The SMILES string of the molecule is COc1c(C)c[c-]cc1C.[Br-].[Mg+2]. The Balaban J connectivity index is 0. The van der Waals surface area contributed by atoms with Crippen molar-refractivity contribution < 1.29 is 21.7 Å². The summed E-state index contributed by atoms with van der Waals surface area (Å²) >= 11 is 0. The number of hydrogen-bond acceptors (Lipinski definition) is 1. The molecule has 0 aliphatic carbocycles. The van der Waals surface area contributed by atoms with Gasteiger partial charge < -0.3 is 21.7 Å². The van der Waals surface area contributed by atoms with Gasteiger partial charge in [-0.2, -0.15) is 18.2 Å². The fourth-order valence-corrected chi connectivity index (χ4v) is 1.06. The van der Waals surface area contributed by atoms with Crippen LogP contribution < -0.4 is 21.7 Å². The van der Waals surface area contributed by atoms with Crippen molar-refractivity contribution in [3.05, 3.63) is 29.3 Å². The molecule has 1 aromatic rings. The van der Waals surface area contributed by atoms with E-state index in [9.17, 15) is 0 Å². The van der Waals surface area contributed by atoms with Gasteiger partial charge in [0.2, 0.25) is 0 Å². The number of halogens is 1. The molecule has 0 heterocycles. The Morgan fingerprint density at radius 3 is 1.83 bits per heavy atom. The van der Waals surface area contributed by atoms with Crippen molar-refractivity contribution in [2.24, 2.45) is 0 Å². The second kappa shape index (κ2) is 6.75. The Morgan fingerprint density at radius 2 is 1.58 bits per heavy atom. The van der Waals surface area contributed by atoms with Crippen molar-refractivity contribution in [1.82, 2.24) is 0 Å². The number of hydrogen-bond donors (Lipinski definition) is 0. The number of rotatable bonds is 1. The fraction of sp³-hybridized carbons (Fsp3) is 0.333. The zero-order valence-corrected chi connectivity index (χ0v) is 10.6. The molecule has 0 saturated heterocycles. The summed E-state index contributed by atoms with van der Waals surface area (Å²) in [6, 6.07) is 6.87. The predicted molar refractivity (Wildman–Crippen MR) is 47.1 cm³/mol. The molecule has 1 aromatic carbocycles.